The number of carbonyl (C=O) groups is 2. The lowest BCUT2D eigenvalue weighted by Crippen LogP contribution is -2.42. The van der Waals surface area contributed by atoms with Crippen LogP contribution in [0, 0.1) is 23.7 Å². The molecule has 0 N–H and O–H groups in total. The molecule has 0 radical (unpaired) electrons. The molecule has 0 aromatic heterocycles. The molecule has 3 aliphatic rings. The van der Waals surface area contributed by atoms with E-state index in [0.717, 1.165) is 70.3 Å². The monoisotopic (exact) mass is 456 g/mol. The van der Waals surface area contributed by atoms with Crippen molar-refractivity contribution in [3.63, 3.8) is 0 Å². The summed E-state index contributed by atoms with van der Waals surface area (Å²) in [5.74, 6) is 0.924. The van der Waals surface area contributed by atoms with Crippen LogP contribution in [0.15, 0.2) is 72.8 Å². The van der Waals surface area contributed by atoms with E-state index >= 15 is 0 Å². The Bertz CT molecular complexity index is 921. The third-order valence-corrected chi connectivity index (χ3v) is 8.14. The van der Waals surface area contributed by atoms with Gasteiger partial charge in [0, 0.05) is 26.2 Å². The maximum Gasteiger partial charge on any atom is 0.230 e. The Kier molecular flexibility index (Phi) is 6.85. The molecule has 1 saturated carbocycles. The van der Waals surface area contributed by atoms with Gasteiger partial charge in [-0.1, -0.05) is 72.8 Å². The summed E-state index contributed by atoms with van der Waals surface area (Å²) in [6, 6.07) is 21.2. The van der Waals surface area contributed by atoms with Crippen LogP contribution >= 0.6 is 0 Å². The van der Waals surface area contributed by atoms with Gasteiger partial charge in [-0.2, -0.15) is 0 Å². The zero-order valence-corrected chi connectivity index (χ0v) is 20.1. The van der Waals surface area contributed by atoms with Crippen LogP contribution < -0.4 is 0 Å². The van der Waals surface area contributed by atoms with Gasteiger partial charge in [-0.15, -0.1) is 0 Å². The average molecular weight is 457 g/mol. The van der Waals surface area contributed by atoms with Crippen LogP contribution in [0.25, 0.3) is 0 Å². The Labute approximate surface area is 203 Å². The summed E-state index contributed by atoms with van der Waals surface area (Å²) < 4.78 is 0. The van der Waals surface area contributed by atoms with Crippen molar-refractivity contribution in [1.29, 1.82) is 0 Å². The smallest absolute Gasteiger partial charge is 0.230 e. The number of amides is 2. The zero-order valence-electron chi connectivity index (χ0n) is 20.1. The number of hydrogen-bond acceptors (Lipinski definition) is 2. The fourth-order valence-electron chi connectivity index (χ4n) is 5.92. The quantitative estimate of drug-likeness (QED) is 0.589. The maximum atomic E-state index is 13.2. The highest BCUT2D eigenvalue weighted by Crippen LogP contribution is 2.47. The van der Waals surface area contributed by atoms with Gasteiger partial charge in [0.25, 0.3) is 0 Å². The van der Waals surface area contributed by atoms with Crippen molar-refractivity contribution in [2.75, 3.05) is 26.2 Å². The molecule has 5 rings (SSSR count). The molecule has 0 spiro atoms. The molecule has 34 heavy (non-hydrogen) atoms. The molecule has 1 aliphatic carbocycles. The molecule has 2 amide bonds. The van der Waals surface area contributed by atoms with Crippen LogP contribution in [-0.4, -0.2) is 47.8 Å². The van der Waals surface area contributed by atoms with Crippen molar-refractivity contribution in [1.82, 2.24) is 9.80 Å². The van der Waals surface area contributed by atoms with Crippen LogP contribution in [0.1, 0.15) is 36.8 Å². The van der Waals surface area contributed by atoms with Gasteiger partial charge in [-0.3, -0.25) is 9.59 Å². The molecule has 0 unspecified atom stereocenters. The Morgan fingerprint density at radius 3 is 1.35 bits per heavy atom. The van der Waals surface area contributed by atoms with Gasteiger partial charge in [-0.05, 0) is 61.5 Å². The van der Waals surface area contributed by atoms with Gasteiger partial charge in [0.2, 0.25) is 11.8 Å². The predicted octanol–water partition coefficient (Wildman–Crippen LogP) is 4.75. The van der Waals surface area contributed by atoms with Crippen LogP contribution in [0.4, 0.5) is 0 Å². The summed E-state index contributed by atoms with van der Waals surface area (Å²) in [6.07, 6.45) is 6.31. The van der Waals surface area contributed by atoms with E-state index in [4.69, 9.17) is 0 Å². The molecular formula is C30H36N2O2. The van der Waals surface area contributed by atoms with E-state index in [1.54, 1.807) is 0 Å². The minimum Gasteiger partial charge on any atom is -0.342 e. The van der Waals surface area contributed by atoms with E-state index < -0.39 is 0 Å². The zero-order chi connectivity index (χ0) is 23.5. The number of benzene rings is 2. The number of piperidine rings is 2. The third kappa shape index (κ3) is 5.11. The normalized spacial score (nSPS) is 23.7. The predicted molar refractivity (Wildman–Crippen MR) is 135 cm³/mol. The summed E-state index contributed by atoms with van der Waals surface area (Å²) >= 11 is 0. The molecule has 2 atom stereocenters. The molecule has 4 heteroatoms. The minimum atomic E-state index is -0.291. The van der Waals surface area contributed by atoms with E-state index in [0.29, 0.717) is 11.8 Å². The minimum absolute atomic E-state index is 0.125. The largest absolute Gasteiger partial charge is 0.342 e. The van der Waals surface area contributed by atoms with E-state index in [2.05, 4.69) is 67.2 Å². The van der Waals surface area contributed by atoms with E-state index in [1.165, 1.54) is 11.1 Å². The SMILES string of the molecule is C=C1[C@H](C(=O)N2CCC(Cc3ccccc3)CC2)[C@H]1C(=O)N1CCC(Cc2ccccc2)CC1. The van der Waals surface area contributed by atoms with E-state index in [-0.39, 0.29) is 23.7 Å². The van der Waals surface area contributed by atoms with Gasteiger partial charge >= 0.3 is 0 Å². The van der Waals surface area contributed by atoms with E-state index in [9.17, 15) is 9.59 Å². The Balaban J connectivity index is 1.08. The number of nitrogens with zero attached hydrogens (tertiary/aromatic N) is 2. The number of rotatable bonds is 6. The molecular weight excluding hydrogens is 420 g/mol. The van der Waals surface area contributed by atoms with Gasteiger partial charge in [0.1, 0.15) is 0 Å². The summed E-state index contributed by atoms with van der Waals surface area (Å²) in [7, 11) is 0. The molecule has 2 aromatic carbocycles. The number of hydrogen-bond donors (Lipinski definition) is 0. The highest BCUT2D eigenvalue weighted by atomic mass is 16.2. The maximum absolute atomic E-state index is 13.2. The fraction of sp³-hybridized carbons (Fsp3) is 0.467. The van der Waals surface area contributed by atoms with Crippen molar-refractivity contribution in [2.24, 2.45) is 23.7 Å². The molecule has 178 valence electrons. The first-order valence-corrected chi connectivity index (χ1v) is 12.9. The first-order chi connectivity index (χ1) is 16.6. The summed E-state index contributed by atoms with van der Waals surface area (Å²) in [5, 5.41) is 0. The molecule has 2 aliphatic heterocycles. The van der Waals surface area contributed by atoms with Crippen molar-refractivity contribution in [3.8, 4) is 0 Å². The summed E-state index contributed by atoms with van der Waals surface area (Å²) in [5.41, 5.74) is 3.58. The fourth-order valence-corrected chi connectivity index (χ4v) is 5.92. The first kappa shape index (κ1) is 22.9. The standard InChI is InChI=1S/C30H36N2O2/c1-22-27(29(33)31-16-12-25(13-17-31)20-23-8-4-2-5-9-23)28(22)30(34)32-18-14-26(15-19-32)21-24-10-6-3-7-11-24/h2-11,25-28H,1,12-21H2/t27-,28-/m0/s1. The van der Waals surface area contributed by atoms with Gasteiger partial charge in [0.05, 0.1) is 11.8 Å². The highest BCUT2D eigenvalue weighted by molar-refractivity contribution is 5.99. The third-order valence-electron chi connectivity index (χ3n) is 8.14. The Hall–Kier alpha value is -2.88. The van der Waals surface area contributed by atoms with E-state index in [1.807, 2.05) is 9.80 Å². The molecule has 2 heterocycles. The second kappa shape index (κ2) is 10.2. The summed E-state index contributed by atoms with van der Waals surface area (Å²) in [4.78, 5) is 30.3. The van der Waals surface area contributed by atoms with Gasteiger partial charge in [0.15, 0.2) is 0 Å². The van der Waals surface area contributed by atoms with Crippen molar-refractivity contribution in [2.45, 2.75) is 38.5 Å². The van der Waals surface area contributed by atoms with Crippen LogP contribution in [-0.2, 0) is 22.4 Å². The van der Waals surface area contributed by atoms with Crippen LogP contribution in [0.3, 0.4) is 0 Å². The summed E-state index contributed by atoms with van der Waals surface area (Å²) in [6.45, 7) is 7.30. The van der Waals surface area contributed by atoms with Crippen LogP contribution in [0.5, 0.6) is 0 Å². The second-order valence-corrected chi connectivity index (χ2v) is 10.4. The average Bonchev–Trinajstić information content (AvgIpc) is 3.56. The van der Waals surface area contributed by atoms with Crippen molar-refractivity contribution >= 4 is 11.8 Å². The molecule has 3 fully saturated rings. The lowest BCUT2D eigenvalue weighted by Gasteiger charge is -2.33. The van der Waals surface area contributed by atoms with Crippen molar-refractivity contribution < 1.29 is 9.59 Å². The number of carbonyl (C=O) groups excluding carboxylic acids is 2. The highest BCUT2D eigenvalue weighted by Gasteiger charge is 2.55. The Morgan fingerprint density at radius 1 is 0.647 bits per heavy atom. The number of likely N-dealkylation sites (tertiary alicyclic amines) is 2. The van der Waals surface area contributed by atoms with Gasteiger partial charge < -0.3 is 9.80 Å². The van der Waals surface area contributed by atoms with Crippen molar-refractivity contribution in [3.05, 3.63) is 83.9 Å². The lowest BCUT2D eigenvalue weighted by atomic mass is 9.90. The Morgan fingerprint density at radius 2 is 1.00 bits per heavy atom. The molecule has 0 bridgehead atoms. The molecule has 4 nitrogen and oxygen atoms in total. The lowest BCUT2D eigenvalue weighted by molar-refractivity contribution is -0.139. The first-order valence-electron chi connectivity index (χ1n) is 12.9. The second-order valence-electron chi connectivity index (χ2n) is 10.4. The van der Waals surface area contributed by atoms with Gasteiger partial charge in [-0.25, -0.2) is 0 Å². The van der Waals surface area contributed by atoms with Crippen LogP contribution in [0.2, 0.25) is 0 Å². The topological polar surface area (TPSA) is 40.6 Å². The molecule has 2 aromatic rings. The molecule has 2 saturated heterocycles.